The SMILES string of the molecule is CCC(c1ccccc1)C1C(C)C2(OO2)OC12OO2. The molecule has 5 nitrogen and oxygen atoms in total. The molecular weight excluding hydrogens is 248 g/mol. The smallest absolute Gasteiger partial charge is 0.262 e. The summed E-state index contributed by atoms with van der Waals surface area (Å²) >= 11 is 0. The van der Waals surface area contributed by atoms with Crippen molar-refractivity contribution < 1.29 is 24.3 Å². The molecule has 3 fully saturated rings. The molecule has 0 N–H and O–H groups in total. The molecular formula is C14H16O5. The normalized spacial score (nSPS) is 34.6. The van der Waals surface area contributed by atoms with Crippen molar-refractivity contribution in [1.82, 2.24) is 0 Å². The minimum Gasteiger partial charge on any atom is -0.262 e. The number of hydrogen-bond donors (Lipinski definition) is 0. The predicted octanol–water partition coefficient (Wildman–Crippen LogP) is 2.69. The molecule has 2 spiro atoms. The lowest BCUT2D eigenvalue weighted by Gasteiger charge is -2.25. The van der Waals surface area contributed by atoms with E-state index < -0.39 is 11.9 Å². The minimum atomic E-state index is -0.994. The molecule has 3 aliphatic heterocycles. The Morgan fingerprint density at radius 1 is 1.05 bits per heavy atom. The standard InChI is InChI=1S/C14H16O5/c1-3-11(10-7-5-4-6-8-10)12-9(2)13(16-17-13)15-14(12)18-19-14/h4-9,11-12H,3H2,1-2H3. The first-order valence-corrected chi connectivity index (χ1v) is 6.69. The molecule has 0 bridgehead atoms. The monoisotopic (exact) mass is 264 g/mol. The quantitative estimate of drug-likeness (QED) is 0.620. The molecule has 3 saturated heterocycles. The average Bonchev–Trinajstić information content (AvgIpc) is 3.34. The second-order valence-electron chi connectivity index (χ2n) is 5.38. The van der Waals surface area contributed by atoms with E-state index in [0.717, 1.165) is 6.42 Å². The number of rotatable bonds is 3. The highest BCUT2D eigenvalue weighted by atomic mass is 17.5. The lowest BCUT2D eigenvalue weighted by Crippen LogP contribution is -2.29. The highest BCUT2D eigenvalue weighted by molar-refractivity contribution is 5.22. The molecule has 0 aromatic heterocycles. The number of benzene rings is 1. The highest BCUT2D eigenvalue weighted by Gasteiger charge is 2.80. The van der Waals surface area contributed by atoms with Crippen LogP contribution in [0.5, 0.6) is 0 Å². The van der Waals surface area contributed by atoms with E-state index in [9.17, 15) is 0 Å². The van der Waals surface area contributed by atoms with E-state index in [0.29, 0.717) is 0 Å². The zero-order valence-corrected chi connectivity index (χ0v) is 10.9. The van der Waals surface area contributed by atoms with Crippen LogP contribution in [-0.4, -0.2) is 11.9 Å². The fraction of sp³-hybridized carbons (Fsp3) is 0.571. The summed E-state index contributed by atoms with van der Waals surface area (Å²) in [5, 5.41) is 0. The number of hydrogen-bond acceptors (Lipinski definition) is 5. The third-order valence-electron chi connectivity index (χ3n) is 4.39. The van der Waals surface area contributed by atoms with Crippen LogP contribution in [0.1, 0.15) is 31.7 Å². The van der Waals surface area contributed by atoms with Gasteiger partial charge in [-0.1, -0.05) is 44.2 Å². The molecule has 0 radical (unpaired) electrons. The Morgan fingerprint density at radius 2 is 1.68 bits per heavy atom. The first-order valence-electron chi connectivity index (χ1n) is 6.69. The summed E-state index contributed by atoms with van der Waals surface area (Å²) in [6.07, 6.45) is 0.965. The number of ether oxygens (including phenoxy) is 1. The third kappa shape index (κ3) is 1.60. The molecule has 1 aromatic carbocycles. The molecule has 5 heteroatoms. The van der Waals surface area contributed by atoms with Gasteiger partial charge in [-0.3, -0.25) is 4.74 Å². The summed E-state index contributed by atoms with van der Waals surface area (Å²) in [7, 11) is 0. The average molecular weight is 264 g/mol. The fourth-order valence-electron chi connectivity index (χ4n) is 3.29. The van der Waals surface area contributed by atoms with Crippen LogP contribution >= 0.6 is 0 Å². The molecule has 3 aliphatic rings. The molecule has 0 aliphatic carbocycles. The summed E-state index contributed by atoms with van der Waals surface area (Å²) in [4.78, 5) is 20.3. The van der Waals surface area contributed by atoms with Crippen LogP contribution < -0.4 is 0 Å². The second kappa shape index (κ2) is 3.77. The Labute approximate surface area is 111 Å². The van der Waals surface area contributed by atoms with E-state index in [2.05, 4.69) is 19.1 Å². The van der Waals surface area contributed by atoms with Crippen molar-refractivity contribution in [3.63, 3.8) is 0 Å². The predicted molar refractivity (Wildman–Crippen MR) is 63.0 cm³/mol. The van der Waals surface area contributed by atoms with Crippen LogP contribution in [0.15, 0.2) is 30.3 Å². The topological polar surface area (TPSA) is 59.4 Å². The van der Waals surface area contributed by atoms with Crippen LogP contribution in [0.4, 0.5) is 0 Å². The lowest BCUT2D eigenvalue weighted by molar-refractivity contribution is -0.132. The highest BCUT2D eigenvalue weighted by Crippen LogP contribution is 2.64. The molecule has 3 unspecified atom stereocenters. The zero-order valence-electron chi connectivity index (χ0n) is 10.9. The first kappa shape index (κ1) is 11.8. The summed E-state index contributed by atoms with van der Waals surface area (Å²) in [5.41, 5.74) is 1.25. The van der Waals surface area contributed by atoms with Gasteiger partial charge in [0.25, 0.3) is 0 Å². The van der Waals surface area contributed by atoms with Crippen molar-refractivity contribution in [3.8, 4) is 0 Å². The van der Waals surface area contributed by atoms with Crippen LogP contribution in [0.25, 0.3) is 0 Å². The first-order chi connectivity index (χ1) is 9.21. The van der Waals surface area contributed by atoms with Crippen LogP contribution in [0.2, 0.25) is 0 Å². The van der Waals surface area contributed by atoms with E-state index >= 15 is 0 Å². The second-order valence-corrected chi connectivity index (χ2v) is 5.38. The van der Waals surface area contributed by atoms with Crippen LogP contribution in [0.3, 0.4) is 0 Å². The van der Waals surface area contributed by atoms with E-state index in [-0.39, 0.29) is 17.8 Å². The van der Waals surface area contributed by atoms with Crippen molar-refractivity contribution in [2.45, 2.75) is 38.1 Å². The Kier molecular flexibility index (Phi) is 2.35. The van der Waals surface area contributed by atoms with E-state index in [4.69, 9.17) is 24.3 Å². The van der Waals surface area contributed by atoms with Crippen molar-refractivity contribution in [2.24, 2.45) is 11.8 Å². The zero-order chi connectivity index (χ0) is 13.1. The van der Waals surface area contributed by atoms with Crippen LogP contribution in [-0.2, 0) is 24.3 Å². The maximum Gasteiger partial charge on any atom is 0.348 e. The summed E-state index contributed by atoms with van der Waals surface area (Å²) in [6.45, 7) is 4.20. The molecule has 102 valence electrons. The summed E-state index contributed by atoms with van der Waals surface area (Å²) in [5.74, 6) is -1.61. The van der Waals surface area contributed by atoms with Gasteiger partial charge in [-0.15, -0.1) is 0 Å². The van der Waals surface area contributed by atoms with Gasteiger partial charge >= 0.3 is 11.9 Å². The van der Waals surface area contributed by atoms with E-state index in [1.165, 1.54) is 5.56 Å². The molecule has 4 rings (SSSR count). The van der Waals surface area contributed by atoms with Gasteiger partial charge in [0.1, 0.15) is 0 Å². The fourth-order valence-corrected chi connectivity index (χ4v) is 3.29. The molecule has 0 amide bonds. The maximum absolute atomic E-state index is 5.70. The Morgan fingerprint density at radius 3 is 2.21 bits per heavy atom. The Bertz CT molecular complexity index is 480. The van der Waals surface area contributed by atoms with Gasteiger partial charge in [-0.2, -0.15) is 19.6 Å². The van der Waals surface area contributed by atoms with Gasteiger partial charge in [0, 0.05) is 0 Å². The third-order valence-corrected chi connectivity index (χ3v) is 4.39. The largest absolute Gasteiger partial charge is 0.348 e. The van der Waals surface area contributed by atoms with Gasteiger partial charge in [0.15, 0.2) is 0 Å². The van der Waals surface area contributed by atoms with Crippen molar-refractivity contribution in [1.29, 1.82) is 0 Å². The van der Waals surface area contributed by atoms with Crippen molar-refractivity contribution >= 4 is 0 Å². The van der Waals surface area contributed by atoms with Gasteiger partial charge in [0.05, 0.1) is 11.8 Å². The summed E-state index contributed by atoms with van der Waals surface area (Å²) < 4.78 is 5.70. The molecule has 19 heavy (non-hydrogen) atoms. The summed E-state index contributed by atoms with van der Waals surface area (Å²) in [6, 6.07) is 10.3. The van der Waals surface area contributed by atoms with Crippen molar-refractivity contribution in [2.75, 3.05) is 0 Å². The Hall–Kier alpha value is -0.980. The van der Waals surface area contributed by atoms with Gasteiger partial charge in [-0.05, 0) is 17.9 Å². The van der Waals surface area contributed by atoms with Gasteiger partial charge in [-0.25, -0.2) is 0 Å². The molecule has 3 heterocycles. The van der Waals surface area contributed by atoms with Gasteiger partial charge < -0.3 is 0 Å². The minimum absolute atomic E-state index is 0.0418. The van der Waals surface area contributed by atoms with Crippen molar-refractivity contribution in [3.05, 3.63) is 35.9 Å². The van der Waals surface area contributed by atoms with E-state index in [1.807, 2.05) is 25.1 Å². The lowest BCUT2D eigenvalue weighted by atomic mass is 9.77. The molecule has 1 aromatic rings. The molecule has 0 saturated carbocycles. The van der Waals surface area contributed by atoms with Crippen LogP contribution in [0, 0.1) is 11.8 Å². The Balaban J connectivity index is 1.70. The maximum atomic E-state index is 5.70. The molecule has 3 atom stereocenters. The van der Waals surface area contributed by atoms with E-state index in [1.54, 1.807) is 0 Å². The van der Waals surface area contributed by atoms with Gasteiger partial charge in [0.2, 0.25) is 0 Å².